The third-order valence-electron chi connectivity index (χ3n) is 6.70. The van der Waals surface area contributed by atoms with Gasteiger partial charge in [-0.1, -0.05) is 62.0 Å². The summed E-state index contributed by atoms with van der Waals surface area (Å²) in [5.41, 5.74) is 4.89. The van der Waals surface area contributed by atoms with E-state index in [1.165, 1.54) is 40.9 Å². The molecule has 1 aliphatic rings. The van der Waals surface area contributed by atoms with E-state index in [1.807, 2.05) is 37.3 Å². The predicted molar refractivity (Wildman–Crippen MR) is 163 cm³/mol. The number of Topliss-reactive ketones (excluding diaryl/α,β-unsaturated/α-hetero) is 1. The second-order valence-corrected chi connectivity index (χ2v) is 11.5. The number of amidine groups is 1. The Labute approximate surface area is 252 Å². The van der Waals surface area contributed by atoms with E-state index in [0.29, 0.717) is 35.7 Å². The van der Waals surface area contributed by atoms with Gasteiger partial charge in [0, 0.05) is 18.5 Å². The van der Waals surface area contributed by atoms with E-state index >= 15 is 0 Å². The van der Waals surface area contributed by atoms with Crippen molar-refractivity contribution in [2.24, 2.45) is 4.99 Å². The van der Waals surface area contributed by atoms with Crippen LogP contribution in [0.4, 0.5) is 29.3 Å². The quantitative estimate of drug-likeness (QED) is 0.253. The number of rotatable bonds is 10. The van der Waals surface area contributed by atoms with Crippen LogP contribution in [0.5, 0.6) is 5.75 Å². The molecule has 3 aromatic carbocycles. The number of thioether (sulfide) groups is 1. The molecule has 1 heterocycles. The van der Waals surface area contributed by atoms with Gasteiger partial charge in [0.15, 0.2) is 5.17 Å². The van der Waals surface area contributed by atoms with Crippen LogP contribution < -0.4 is 15.0 Å². The van der Waals surface area contributed by atoms with Gasteiger partial charge in [0.1, 0.15) is 11.5 Å². The van der Waals surface area contributed by atoms with Crippen molar-refractivity contribution in [1.29, 1.82) is 0 Å². The minimum absolute atomic E-state index is 0.0176. The second-order valence-electron chi connectivity index (χ2n) is 10.5. The summed E-state index contributed by atoms with van der Waals surface area (Å²) >= 11 is 1.23. The number of nitrogens with one attached hydrogen (secondary N) is 1. The number of carbonyl (C=O) groups is 3. The van der Waals surface area contributed by atoms with Gasteiger partial charge >= 0.3 is 12.4 Å². The monoisotopic (exact) mass is 611 g/mol. The summed E-state index contributed by atoms with van der Waals surface area (Å²) in [4.78, 5) is 43.6. The zero-order valence-corrected chi connectivity index (χ0v) is 24.8. The number of hydrogen-bond donors (Lipinski definition) is 1. The van der Waals surface area contributed by atoms with E-state index < -0.39 is 12.4 Å². The summed E-state index contributed by atoms with van der Waals surface area (Å²) in [5.74, 6) is -0.0786. The molecule has 0 atom stereocenters. The Kier molecular flexibility index (Phi) is 10.3. The molecule has 3 amide bonds. The molecule has 43 heavy (non-hydrogen) atoms. The highest BCUT2D eigenvalue weighted by atomic mass is 32.2. The summed E-state index contributed by atoms with van der Waals surface area (Å²) in [5, 5.41) is 3.08. The molecule has 1 N–H and O–H groups in total. The van der Waals surface area contributed by atoms with Gasteiger partial charge in [0.05, 0.1) is 11.4 Å². The standard InChI is InChI=1S/C32H32F3N3O4S/c1-20(2)27-16-7-21(3)17-28(27)38-29(40)19-43-31(38)37-30(41)36-24-12-8-22(9-13-24)5-4-6-25(39)18-23-10-14-26(15-11-23)42-32(33,34)35/h7-17,20H,4-6,18-19H2,1-3H3,(H,36,41). The number of aliphatic imine (C=N–C) groups is 1. The Balaban J connectivity index is 1.28. The van der Waals surface area contributed by atoms with Crippen molar-refractivity contribution in [3.63, 3.8) is 0 Å². The Bertz CT molecular complexity index is 1500. The van der Waals surface area contributed by atoms with E-state index in [1.54, 1.807) is 12.1 Å². The Morgan fingerprint density at radius 2 is 1.70 bits per heavy atom. The third-order valence-corrected chi connectivity index (χ3v) is 7.62. The molecule has 4 rings (SSSR count). The highest BCUT2D eigenvalue weighted by molar-refractivity contribution is 8.15. The molecule has 0 bridgehead atoms. The topological polar surface area (TPSA) is 88.1 Å². The maximum absolute atomic E-state index is 12.8. The van der Waals surface area contributed by atoms with Crippen molar-refractivity contribution in [1.82, 2.24) is 0 Å². The Morgan fingerprint density at radius 3 is 2.35 bits per heavy atom. The molecule has 1 saturated heterocycles. The highest BCUT2D eigenvalue weighted by Gasteiger charge is 2.33. The first-order valence-corrected chi connectivity index (χ1v) is 14.8. The first kappa shape index (κ1) is 31.8. The number of aryl methyl sites for hydroxylation is 2. The Morgan fingerprint density at radius 1 is 1.02 bits per heavy atom. The van der Waals surface area contributed by atoms with E-state index in [2.05, 4.69) is 28.9 Å². The maximum atomic E-state index is 12.8. The number of halogens is 3. The van der Waals surface area contributed by atoms with Crippen LogP contribution in [0.2, 0.25) is 0 Å². The van der Waals surface area contributed by atoms with Crippen LogP contribution in [-0.2, 0) is 22.4 Å². The molecule has 226 valence electrons. The fourth-order valence-corrected chi connectivity index (χ4v) is 5.48. The zero-order valence-electron chi connectivity index (χ0n) is 24.0. The fourth-order valence-electron chi connectivity index (χ4n) is 4.63. The Hall–Kier alpha value is -4.12. The molecule has 7 nitrogen and oxygen atoms in total. The molecule has 1 fully saturated rings. The molecule has 0 aromatic heterocycles. The summed E-state index contributed by atoms with van der Waals surface area (Å²) in [6.07, 6.45) is -3.06. The number of hydrogen-bond acceptors (Lipinski definition) is 5. The van der Waals surface area contributed by atoms with E-state index in [-0.39, 0.29) is 35.5 Å². The average molecular weight is 612 g/mol. The lowest BCUT2D eigenvalue weighted by Crippen LogP contribution is -2.31. The number of alkyl halides is 3. The van der Waals surface area contributed by atoms with E-state index in [9.17, 15) is 27.6 Å². The molecule has 0 aliphatic carbocycles. The van der Waals surface area contributed by atoms with Crippen LogP contribution in [-0.4, -0.2) is 35.0 Å². The van der Waals surface area contributed by atoms with Crippen molar-refractivity contribution in [2.45, 2.75) is 58.7 Å². The lowest BCUT2D eigenvalue weighted by molar-refractivity contribution is -0.274. The van der Waals surface area contributed by atoms with E-state index in [4.69, 9.17) is 0 Å². The lowest BCUT2D eigenvalue weighted by Gasteiger charge is -2.22. The molecule has 11 heteroatoms. The van der Waals surface area contributed by atoms with Gasteiger partial charge in [0.2, 0.25) is 5.91 Å². The first-order chi connectivity index (χ1) is 20.4. The zero-order chi connectivity index (χ0) is 31.1. The second kappa shape index (κ2) is 13.9. The van der Waals surface area contributed by atoms with Gasteiger partial charge in [-0.25, -0.2) is 4.79 Å². The molecular weight excluding hydrogens is 579 g/mol. The maximum Gasteiger partial charge on any atom is 0.573 e. The minimum atomic E-state index is -4.76. The summed E-state index contributed by atoms with van der Waals surface area (Å²) in [6, 6.07) is 17.8. The number of ketones is 1. The van der Waals surface area contributed by atoms with Crippen molar-refractivity contribution in [3.05, 3.63) is 89.0 Å². The molecule has 1 aliphatic heterocycles. The number of amides is 3. The minimum Gasteiger partial charge on any atom is -0.406 e. The number of carbonyl (C=O) groups excluding carboxylic acids is 3. The van der Waals surface area contributed by atoms with Crippen LogP contribution >= 0.6 is 11.8 Å². The van der Waals surface area contributed by atoms with Crippen molar-refractivity contribution in [2.75, 3.05) is 16.0 Å². The highest BCUT2D eigenvalue weighted by Crippen LogP contribution is 2.34. The summed E-state index contributed by atoms with van der Waals surface area (Å²) in [6.45, 7) is 6.06. The van der Waals surface area contributed by atoms with Gasteiger partial charge in [-0.15, -0.1) is 13.2 Å². The summed E-state index contributed by atoms with van der Waals surface area (Å²) in [7, 11) is 0. The molecule has 3 aromatic rings. The van der Waals surface area contributed by atoms with Crippen LogP contribution in [0.25, 0.3) is 0 Å². The molecular formula is C32H32F3N3O4S. The number of anilines is 2. The van der Waals surface area contributed by atoms with Gasteiger partial charge in [-0.3, -0.25) is 14.5 Å². The van der Waals surface area contributed by atoms with Crippen molar-refractivity contribution < 1.29 is 32.3 Å². The molecule has 0 radical (unpaired) electrons. The van der Waals surface area contributed by atoms with Gasteiger partial charge in [0.25, 0.3) is 0 Å². The number of nitrogens with zero attached hydrogens (tertiary/aromatic N) is 2. The predicted octanol–water partition coefficient (Wildman–Crippen LogP) is 7.82. The molecule has 0 unspecified atom stereocenters. The van der Waals surface area contributed by atoms with Crippen molar-refractivity contribution in [3.8, 4) is 5.75 Å². The SMILES string of the molecule is Cc1ccc(C(C)C)c(N2C(=O)CSC2=NC(=O)Nc2ccc(CCCC(=O)Cc3ccc(OC(F)(F)F)cc3)cc2)c1. The molecule has 0 saturated carbocycles. The number of urea groups is 1. The van der Waals surface area contributed by atoms with Crippen LogP contribution in [0.15, 0.2) is 71.7 Å². The largest absolute Gasteiger partial charge is 0.573 e. The van der Waals surface area contributed by atoms with Gasteiger partial charge < -0.3 is 10.1 Å². The number of benzene rings is 3. The van der Waals surface area contributed by atoms with E-state index in [0.717, 1.165) is 22.4 Å². The average Bonchev–Trinajstić information content (AvgIpc) is 3.29. The van der Waals surface area contributed by atoms with Crippen LogP contribution in [0.1, 0.15) is 54.9 Å². The smallest absolute Gasteiger partial charge is 0.406 e. The third kappa shape index (κ3) is 9.18. The van der Waals surface area contributed by atoms with Crippen LogP contribution in [0, 0.1) is 6.92 Å². The van der Waals surface area contributed by atoms with Gasteiger partial charge in [-0.2, -0.15) is 4.99 Å². The van der Waals surface area contributed by atoms with Crippen LogP contribution in [0.3, 0.4) is 0 Å². The molecule has 0 spiro atoms. The lowest BCUT2D eigenvalue weighted by atomic mass is 9.99. The number of ether oxygens (including phenoxy) is 1. The summed E-state index contributed by atoms with van der Waals surface area (Å²) < 4.78 is 40.7. The van der Waals surface area contributed by atoms with Crippen molar-refractivity contribution >= 4 is 46.0 Å². The van der Waals surface area contributed by atoms with Gasteiger partial charge in [-0.05, 0) is 78.3 Å². The fraction of sp³-hybridized carbons (Fsp3) is 0.312. The normalized spacial score (nSPS) is 14.4. The first-order valence-electron chi connectivity index (χ1n) is 13.8.